The molecule has 3 aromatic rings. The Hall–Kier alpha value is -2.99. The summed E-state index contributed by atoms with van der Waals surface area (Å²) < 4.78 is 44.2. The number of carbonyl (C=O) groups excluding carboxylic acids is 1. The zero-order valence-electron chi connectivity index (χ0n) is 19.2. The average molecular weight is 490 g/mol. The van der Waals surface area contributed by atoms with Gasteiger partial charge in [0.25, 0.3) is 5.91 Å². The van der Waals surface area contributed by atoms with E-state index in [1.54, 1.807) is 13.8 Å². The van der Waals surface area contributed by atoms with Gasteiger partial charge in [0, 0.05) is 17.0 Å². The third kappa shape index (κ3) is 6.76. The lowest BCUT2D eigenvalue weighted by molar-refractivity contribution is -0.138. The highest BCUT2D eigenvalue weighted by Gasteiger charge is 2.34. The summed E-state index contributed by atoms with van der Waals surface area (Å²) in [5.74, 6) is -0.202. The summed E-state index contributed by atoms with van der Waals surface area (Å²) in [5, 5.41) is 3.69. The summed E-state index contributed by atoms with van der Waals surface area (Å²) in [5.41, 5.74) is 0.0881. The van der Waals surface area contributed by atoms with Crippen LogP contribution in [0.2, 0.25) is 5.02 Å². The summed E-state index contributed by atoms with van der Waals surface area (Å²) in [4.78, 5) is 13.1. The molecule has 34 heavy (non-hydrogen) atoms. The van der Waals surface area contributed by atoms with Gasteiger partial charge in [-0.2, -0.15) is 13.2 Å². The van der Waals surface area contributed by atoms with Gasteiger partial charge in [-0.15, -0.1) is 0 Å². The maximum absolute atomic E-state index is 13.1. The SMILES string of the molecule is C[C@H](NC(=O)C(C)(C)Oc1ccc(C(F)(F)F)cc1)[C@@H](Cc1ccc(Cl)cc1)c1ccccc1. The molecule has 0 radical (unpaired) electrons. The molecular weight excluding hydrogens is 463 g/mol. The van der Waals surface area contributed by atoms with Crippen molar-refractivity contribution in [3.05, 3.63) is 101 Å². The predicted octanol–water partition coefficient (Wildman–Crippen LogP) is 7.05. The van der Waals surface area contributed by atoms with Crippen molar-refractivity contribution in [2.24, 2.45) is 0 Å². The van der Waals surface area contributed by atoms with Crippen LogP contribution in [0.15, 0.2) is 78.9 Å². The van der Waals surface area contributed by atoms with Crippen LogP contribution < -0.4 is 10.1 Å². The number of carbonyl (C=O) groups is 1. The van der Waals surface area contributed by atoms with Gasteiger partial charge in [-0.05, 0) is 74.7 Å². The van der Waals surface area contributed by atoms with Crippen molar-refractivity contribution < 1.29 is 22.7 Å². The first-order valence-electron chi connectivity index (χ1n) is 10.9. The molecule has 0 saturated heterocycles. The first-order chi connectivity index (χ1) is 16.0. The number of ether oxygens (including phenoxy) is 1. The lowest BCUT2D eigenvalue weighted by atomic mass is 9.86. The van der Waals surface area contributed by atoms with E-state index in [2.05, 4.69) is 5.32 Å². The zero-order chi connectivity index (χ0) is 24.9. The molecule has 1 amide bonds. The van der Waals surface area contributed by atoms with E-state index in [0.29, 0.717) is 11.4 Å². The van der Waals surface area contributed by atoms with Gasteiger partial charge in [-0.25, -0.2) is 0 Å². The molecule has 0 aliphatic carbocycles. The summed E-state index contributed by atoms with van der Waals surface area (Å²) >= 11 is 6.02. The predicted molar refractivity (Wildman–Crippen MR) is 128 cm³/mol. The van der Waals surface area contributed by atoms with Gasteiger partial charge in [0.2, 0.25) is 0 Å². The average Bonchev–Trinajstić information content (AvgIpc) is 2.78. The molecule has 3 nitrogen and oxygen atoms in total. The number of benzene rings is 3. The van der Waals surface area contributed by atoms with E-state index in [4.69, 9.17) is 16.3 Å². The van der Waals surface area contributed by atoms with Crippen LogP contribution in [0.25, 0.3) is 0 Å². The highest BCUT2D eigenvalue weighted by molar-refractivity contribution is 6.30. The van der Waals surface area contributed by atoms with E-state index in [0.717, 1.165) is 23.3 Å². The molecule has 0 bridgehead atoms. The van der Waals surface area contributed by atoms with Gasteiger partial charge in [-0.1, -0.05) is 54.1 Å². The molecule has 3 aromatic carbocycles. The number of halogens is 4. The molecule has 7 heteroatoms. The van der Waals surface area contributed by atoms with Gasteiger partial charge >= 0.3 is 6.18 Å². The highest BCUT2D eigenvalue weighted by Crippen LogP contribution is 2.31. The second-order valence-electron chi connectivity index (χ2n) is 8.74. The number of nitrogens with one attached hydrogen (secondary N) is 1. The first kappa shape index (κ1) is 25.6. The largest absolute Gasteiger partial charge is 0.478 e. The van der Waals surface area contributed by atoms with Crippen molar-refractivity contribution in [3.8, 4) is 5.75 Å². The maximum atomic E-state index is 13.1. The van der Waals surface area contributed by atoms with Crippen LogP contribution in [-0.4, -0.2) is 17.6 Å². The Morgan fingerprint density at radius 3 is 2.09 bits per heavy atom. The van der Waals surface area contributed by atoms with Crippen LogP contribution in [-0.2, 0) is 17.4 Å². The van der Waals surface area contributed by atoms with Crippen LogP contribution in [0.4, 0.5) is 13.2 Å². The van der Waals surface area contributed by atoms with E-state index in [-0.39, 0.29) is 23.6 Å². The molecule has 0 fully saturated rings. The lowest BCUT2D eigenvalue weighted by Gasteiger charge is -2.31. The van der Waals surface area contributed by atoms with E-state index in [1.807, 2.05) is 61.5 Å². The quantitative estimate of drug-likeness (QED) is 0.368. The first-order valence-corrected chi connectivity index (χ1v) is 11.3. The number of rotatable bonds is 8. The molecular formula is C27H27ClF3NO2. The topological polar surface area (TPSA) is 38.3 Å². The third-order valence-corrected chi connectivity index (χ3v) is 5.91. The minimum Gasteiger partial charge on any atom is -0.478 e. The Morgan fingerprint density at radius 2 is 1.53 bits per heavy atom. The van der Waals surface area contributed by atoms with Gasteiger partial charge in [-0.3, -0.25) is 4.79 Å². The zero-order valence-corrected chi connectivity index (χ0v) is 20.0. The van der Waals surface area contributed by atoms with Gasteiger partial charge in [0.15, 0.2) is 5.60 Å². The van der Waals surface area contributed by atoms with Gasteiger partial charge in [0.05, 0.1) is 5.56 Å². The minimum atomic E-state index is -4.43. The Kier molecular flexibility index (Phi) is 7.93. The lowest BCUT2D eigenvalue weighted by Crippen LogP contribution is -2.51. The van der Waals surface area contributed by atoms with Crippen LogP contribution in [0.5, 0.6) is 5.75 Å². The van der Waals surface area contributed by atoms with Crippen molar-refractivity contribution in [1.29, 1.82) is 0 Å². The van der Waals surface area contributed by atoms with E-state index in [9.17, 15) is 18.0 Å². The van der Waals surface area contributed by atoms with Crippen molar-refractivity contribution in [1.82, 2.24) is 5.32 Å². The maximum Gasteiger partial charge on any atom is 0.416 e. The molecule has 2 atom stereocenters. The third-order valence-electron chi connectivity index (χ3n) is 5.66. The molecule has 180 valence electrons. The van der Waals surface area contributed by atoms with Gasteiger partial charge < -0.3 is 10.1 Å². The van der Waals surface area contributed by atoms with Crippen LogP contribution in [0.1, 0.15) is 43.4 Å². The molecule has 1 N–H and O–H groups in total. The molecule has 3 rings (SSSR count). The molecule has 0 spiro atoms. The molecule has 0 aromatic heterocycles. The fourth-order valence-corrected chi connectivity index (χ4v) is 3.82. The minimum absolute atomic E-state index is 0.0202. The Labute approximate surface area is 202 Å². The van der Waals surface area contributed by atoms with Crippen molar-refractivity contribution in [3.63, 3.8) is 0 Å². The number of alkyl halides is 3. The Bertz CT molecular complexity index is 1080. The van der Waals surface area contributed by atoms with Crippen molar-refractivity contribution in [2.45, 2.75) is 50.9 Å². The monoisotopic (exact) mass is 489 g/mol. The molecule has 0 unspecified atom stereocenters. The fraction of sp³-hybridized carbons (Fsp3) is 0.296. The Morgan fingerprint density at radius 1 is 0.941 bits per heavy atom. The standard InChI is InChI=1S/C27H27ClF3NO2/c1-18(24(20-7-5-4-6-8-20)17-19-9-13-22(28)14-10-19)32-25(33)26(2,3)34-23-15-11-21(12-16-23)27(29,30)31/h4-16,18,24H,17H2,1-3H3,(H,32,33)/t18-,24+/m0/s1. The summed E-state index contributed by atoms with van der Waals surface area (Å²) in [6.07, 6.45) is -3.75. The number of amides is 1. The van der Waals surface area contributed by atoms with E-state index >= 15 is 0 Å². The molecule has 0 heterocycles. The second kappa shape index (κ2) is 10.5. The fourth-order valence-electron chi connectivity index (χ4n) is 3.69. The van der Waals surface area contributed by atoms with E-state index in [1.165, 1.54) is 12.1 Å². The smallest absolute Gasteiger partial charge is 0.416 e. The molecule has 0 aliphatic heterocycles. The normalized spacial score (nSPS) is 13.7. The number of hydrogen-bond acceptors (Lipinski definition) is 2. The Balaban J connectivity index is 1.73. The van der Waals surface area contributed by atoms with Gasteiger partial charge in [0.1, 0.15) is 5.75 Å². The second-order valence-corrected chi connectivity index (χ2v) is 9.18. The summed E-state index contributed by atoms with van der Waals surface area (Å²) in [6, 6.07) is 21.5. The molecule has 0 aliphatic rings. The molecule has 0 saturated carbocycles. The highest BCUT2D eigenvalue weighted by atomic mass is 35.5. The van der Waals surface area contributed by atoms with Crippen LogP contribution in [0.3, 0.4) is 0 Å². The summed E-state index contributed by atoms with van der Waals surface area (Å²) in [7, 11) is 0. The van der Waals surface area contributed by atoms with E-state index < -0.39 is 17.3 Å². The van der Waals surface area contributed by atoms with Crippen LogP contribution in [0, 0.1) is 0 Å². The van der Waals surface area contributed by atoms with Crippen molar-refractivity contribution >= 4 is 17.5 Å². The summed E-state index contributed by atoms with van der Waals surface area (Å²) in [6.45, 7) is 5.10. The van der Waals surface area contributed by atoms with Crippen LogP contribution >= 0.6 is 11.6 Å². The number of hydrogen-bond donors (Lipinski definition) is 1. The van der Waals surface area contributed by atoms with Crippen molar-refractivity contribution in [2.75, 3.05) is 0 Å².